The molecule has 2 amide bonds. The van der Waals surface area contributed by atoms with Crippen LogP contribution in [0.5, 0.6) is 0 Å². The summed E-state index contributed by atoms with van der Waals surface area (Å²) in [5.74, 6) is -1.58. The molecular formula is C16H12FN3O3. The van der Waals surface area contributed by atoms with Gasteiger partial charge in [-0.2, -0.15) is 0 Å². The summed E-state index contributed by atoms with van der Waals surface area (Å²) >= 11 is 0. The summed E-state index contributed by atoms with van der Waals surface area (Å²) in [7, 11) is 0. The lowest BCUT2D eigenvalue weighted by atomic mass is 10.1. The van der Waals surface area contributed by atoms with Crippen LogP contribution in [0.15, 0.2) is 47.1 Å². The topological polar surface area (TPSA) is 84.2 Å². The Hall–Kier alpha value is -3.22. The Balaban J connectivity index is 1.86. The Morgan fingerprint density at radius 2 is 1.91 bits per heavy atom. The zero-order chi connectivity index (χ0) is 16.4. The summed E-state index contributed by atoms with van der Waals surface area (Å²) in [6.07, 6.45) is 1.35. The van der Waals surface area contributed by atoms with Crippen LogP contribution in [0.25, 0.3) is 10.9 Å². The molecule has 0 bridgehead atoms. The van der Waals surface area contributed by atoms with Crippen molar-refractivity contribution in [1.82, 2.24) is 15.8 Å². The van der Waals surface area contributed by atoms with Gasteiger partial charge in [0.1, 0.15) is 5.82 Å². The summed E-state index contributed by atoms with van der Waals surface area (Å²) in [6, 6.07) is 8.54. The smallest absolute Gasteiger partial charge is 0.305 e. The highest BCUT2D eigenvalue weighted by Gasteiger charge is 2.15. The van der Waals surface area contributed by atoms with Crippen LogP contribution in [0, 0.1) is 12.7 Å². The maximum absolute atomic E-state index is 13.4. The lowest BCUT2D eigenvalue weighted by Gasteiger charge is -2.09. The molecule has 23 heavy (non-hydrogen) atoms. The molecule has 0 unspecified atom stereocenters. The fraction of sp³-hybridized carbons (Fsp3) is 0.0625. The molecule has 0 saturated heterocycles. The number of furan rings is 1. The van der Waals surface area contributed by atoms with Gasteiger partial charge in [0, 0.05) is 11.1 Å². The second-order valence-electron chi connectivity index (χ2n) is 4.86. The van der Waals surface area contributed by atoms with E-state index in [1.165, 1.54) is 36.6 Å². The van der Waals surface area contributed by atoms with E-state index in [1.807, 2.05) is 0 Å². The molecule has 2 N–H and O–H groups in total. The monoisotopic (exact) mass is 313 g/mol. The van der Waals surface area contributed by atoms with Gasteiger partial charge in [0.15, 0.2) is 5.76 Å². The van der Waals surface area contributed by atoms with Crippen LogP contribution < -0.4 is 10.9 Å². The zero-order valence-electron chi connectivity index (χ0n) is 12.1. The summed E-state index contributed by atoms with van der Waals surface area (Å²) in [5.41, 5.74) is 5.83. The van der Waals surface area contributed by atoms with Crippen LogP contribution in [-0.4, -0.2) is 16.8 Å². The number of aromatic nitrogens is 1. The van der Waals surface area contributed by atoms with E-state index < -0.39 is 17.6 Å². The molecule has 1 aromatic carbocycles. The van der Waals surface area contributed by atoms with Crippen molar-refractivity contribution in [2.75, 3.05) is 0 Å². The number of carbonyl (C=O) groups excluding carboxylic acids is 2. The van der Waals surface area contributed by atoms with E-state index in [0.29, 0.717) is 16.6 Å². The van der Waals surface area contributed by atoms with E-state index in [1.54, 1.807) is 13.0 Å². The predicted molar refractivity (Wildman–Crippen MR) is 80.1 cm³/mol. The number of nitrogens with zero attached hydrogens (tertiary/aromatic N) is 1. The molecule has 0 aliphatic carbocycles. The highest BCUT2D eigenvalue weighted by atomic mass is 19.1. The number of hydrazine groups is 1. The first kappa shape index (κ1) is 14.7. The SMILES string of the molecule is Cc1cc(C(=O)NNC(=O)c2ccco2)c2cc(F)ccc2n1. The van der Waals surface area contributed by atoms with Gasteiger partial charge < -0.3 is 4.42 Å². The van der Waals surface area contributed by atoms with Crippen LogP contribution in [0.1, 0.15) is 26.6 Å². The first-order valence-corrected chi connectivity index (χ1v) is 6.75. The second-order valence-corrected chi connectivity index (χ2v) is 4.86. The summed E-state index contributed by atoms with van der Waals surface area (Å²) < 4.78 is 18.4. The Morgan fingerprint density at radius 3 is 2.65 bits per heavy atom. The van der Waals surface area contributed by atoms with Crippen LogP contribution in [0.3, 0.4) is 0 Å². The molecule has 3 rings (SSSR count). The van der Waals surface area contributed by atoms with Gasteiger partial charge in [-0.05, 0) is 43.3 Å². The quantitative estimate of drug-likeness (QED) is 0.711. The van der Waals surface area contributed by atoms with Crippen molar-refractivity contribution in [2.24, 2.45) is 0 Å². The van der Waals surface area contributed by atoms with Gasteiger partial charge in [-0.25, -0.2) is 4.39 Å². The van der Waals surface area contributed by atoms with Gasteiger partial charge in [-0.1, -0.05) is 0 Å². The van der Waals surface area contributed by atoms with E-state index >= 15 is 0 Å². The summed E-state index contributed by atoms with van der Waals surface area (Å²) in [4.78, 5) is 28.3. The number of rotatable bonds is 2. The Bertz CT molecular complexity index is 891. The molecule has 3 aromatic rings. The largest absolute Gasteiger partial charge is 0.459 e. The maximum Gasteiger partial charge on any atom is 0.305 e. The molecule has 0 spiro atoms. The molecule has 0 aliphatic rings. The molecule has 7 heteroatoms. The first-order valence-electron chi connectivity index (χ1n) is 6.75. The number of benzene rings is 1. The van der Waals surface area contributed by atoms with E-state index in [0.717, 1.165) is 0 Å². The van der Waals surface area contributed by atoms with Crippen LogP contribution >= 0.6 is 0 Å². The Kier molecular flexibility index (Phi) is 3.76. The molecule has 6 nitrogen and oxygen atoms in total. The van der Waals surface area contributed by atoms with Gasteiger partial charge in [0.25, 0.3) is 5.91 Å². The predicted octanol–water partition coefficient (Wildman–Crippen LogP) is 2.35. The third-order valence-electron chi connectivity index (χ3n) is 3.18. The minimum atomic E-state index is -0.593. The molecule has 2 heterocycles. The Labute approximate surface area is 130 Å². The van der Waals surface area contributed by atoms with Crippen LogP contribution in [0.4, 0.5) is 4.39 Å². The number of amides is 2. The minimum Gasteiger partial charge on any atom is -0.459 e. The highest BCUT2D eigenvalue weighted by molar-refractivity contribution is 6.07. The lowest BCUT2D eigenvalue weighted by Crippen LogP contribution is -2.41. The van der Waals surface area contributed by atoms with Crippen LogP contribution in [0.2, 0.25) is 0 Å². The average Bonchev–Trinajstić information content (AvgIpc) is 3.06. The molecular weight excluding hydrogens is 301 g/mol. The lowest BCUT2D eigenvalue weighted by molar-refractivity contribution is 0.0831. The third kappa shape index (κ3) is 3.03. The normalized spacial score (nSPS) is 10.5. The van der Waals surface area contributed by atoms with E-state index in [4.69, 9.17) is 4.42 Å². The highest BCUT2D eigenvalue weighted by Crippen LogP contribution is 2.19. The van der Waals surface area contributed by atoms with Gasteiger partial charge in [-0.3, -0.25) is 25.4 Å². The fourth-order valence-corrected chi connectivity index (χ4v) is 2.17. The molecule has 0 aliphatic heterocycles. The van der Waals surface area contributed by atoms with Crippen molar-refractivity contribution in [1.29, 1.82) is 0 Å². The summed E-state index contributed by atoms with van der Waals surface area (Å²) in [5, 5.41) is 0.361. The molecule has 2 aromatic heterocycles. The van der Waals surface area contributed by atoms with Crippen LogP contribution in [-0.2, 0) is 0 Å². The number of pyridine rings is 1. The second kappa shape index (κ2) is 5.88. The van der Waals surface area contributed by atoms with Crippen molar-refractivity contribution in [3.63, 3.8) is 0 Å². The maximum atomic E-state index is 13.4. The van der Waals surface area contributed by atoms with Crippen molar-refractivity contribution in [3.8, 4) is 0 Å². The first-order chi connectivity index (χ1) is 11.0. The zero-order valence-corrected chi connectivity index (χ0v) is 12.1. The molecule has 0 atom stereocenters. The summed E-state index contributed by atoms with van der Waals surface area (Å²) in [6.45, 7) is 1.72. The number of hydrogen-bond acceptors (Lipinski definition) is 4. The molecule has 116 valence electrons. The van der Waals surface area contributed by atoms with Gasteiger partial charge in [-0.15, -0.1) is 0 Å². The Morgan fingerprint density at radius 1 is 1.13 bits per heavy atom. The number of carbonyl (C=O) groups is 2. The average molecular weight is 313 g/mol. The standard InChI is InChI=1S/C16H12FN3O3/c1-9-7-12(11-8-10(17)4-5-13(11)18-9)15(21)19-20-16(22)14-3-2-6-23-14/h2-8H,1H3,(H,19,21)(H,20,22). The minimum absolute atomic E-state index is 0.0621. The third-order valence-corrected chi connectivity index (χ3v) is 3.18. The number of hydrogen-bond donors (Lipinski definition) is 2. The van der Waals surface area contributed by atoms with E-state index in [9.17, 15) is 14.0 Å². The number of aryl methyl sites for hydroxylation is 1. The van der Waals surface area contributed by atoms with E-state index in [2.05, 4.69) is 15.8 Å². The van der Waals surface area contributed by atoms with E-state index in [-0.39, 0.29) is 11.3 Å². The van der Waals surface area contributed by atoms with Gasteiger partial charge in [0.05, 0.1) is 17.3 Å². The van der Waals surface area contributed by atoms with Crippen molar-refractivity contribution >= 4 is 22.7 Å². The molecule has 0 saturated carbocycles. The van der Waals surface area contributed by atoms with Crippen molar-refractivity contribution < 1.29 is 18.4 Å². The van der Waals surface area contributed by atoms with Gasteiger partial charge >= 0.3 is 5.91 Å². The molecule has 0 fully saturated rings. The van der Waals surface area contributed by atoms with Crippen molar-refractivity contribution in [2.45, 2.75) is 6.92 Å². The number of nitrogens with one attached hydrogen (secondary N) is 2. The number of halogens is 1. The molecule has 0 radical (unpaired) electrons. The van der Waals surface area contributed by atoms with Crippen molar-refractivity contribution in [3.05, 3.63) is 65.5 Å². The fourth-order valence-electron chi connectivity index (χ4n) is 2.17. The number of fused-ring (bicyclic) bond motifs is 1. The van der Waals surface area contributed by atoms with Gasteiger partial charge in [0.2, 0.25) is 0 Å².